The van der Waals surface area contributed by atoms with Crippen LogP contribution in [0.5, 0.6) is 0 Å². The first-order valence-electron chi connectivity index (χ1n) is 13.3. The van der Waals surface area contributed by atoms with Gasteiger partial charge in [0.05, 0.1) is 71.5 Å². The molecule has 1 aliphatic heterocycles. The summed E-state index contributed by atoms with van der Waals surface area (Å²) < 4.78 is 21.3. The van der Waals surface area contributed by atoms with Gasteiger partial charge in [-0.1, -0.05) is 42.2 Å². The molecular weight excluding hydrogens is 516 g/mol. The Balaban J connectivity index is 1.25. The molecule has 2 amide bonds. The molecule has 0 atom stereocenters. The van der Waals surface area contributed by atoms with Gasteiger partial charge in [0.15, 0.2) is 0 Å². The number of carbonyl (C=O) groups excluding carboxylic acids is 2. The lowest BCUT2D eigenvalue weighted by atomic mass is 10.0. The molecule has 0 bridgehead atoms. The van der Waals surface area contributed by atoms with Gasteiger partial charge in [-0.15, -0.1) is 0 Å². The van der Waals surface area contributed by atoms with Crippen LogP contribution in [0.1, 0.15) is 36.0 Å². The Hall–Kier alpha value is -3.75. The van der Waals surface area contributed by atoms with Gasteiger partial charge in [0.25, 0.3) is 0 Å². The second-order valence-electron chi connectivity index (χ2n) is 8.85. The second kappa shape index (κ2) is 17.8. The molecule has 3 rings (SSSR count). The number of carboxylic acid groups (broad SMARTS) is 1. The molecule has 0 aromatic heterocycles. The summed E-state index contributed by atoms with van der Waals surface area (Å²) in [7, 11) is 0. The van der Waals surface area contributed by atoms with Crippen LogP contribution in [0.25, 0.3) is 0 Å². The maximum Gasteiger partial charge on any atom is 0.305 e. The number of ether oxygens (including phenoxy) is 4. The molecule has 0 radical (unpaired) electrons. The summed E-state index contributed by atoms with van der Waals surface area (Å²) >= 11 is 0. The molecule has 0 spiro atoms. The first kappa shape index (κ1) is 30.8. The zero-order chi connectivity index (χ0) is 28.4. The van der Waals surface area contributed by atoms with Crippen molar-refractivity contribution in [2.75, 3.05) is 64.3 Å². The minimum Gasteiger partial charge on any atom is -0.481 e. The minimum absolute atomic E-state index is 0.0210. The number of hydrogen-bond acceptors (Lipinski definition) is 7. The number of benzene rings is 2. The van der Waals surface area contributed by atoms with Crippen molar-refractivity contribution in [1.29, 1.82) is 0 Å². The van der Waals surface area contributed by atoms with Gasteiger partial charge < -0.3 is 34.3 Å². The van der Waals surface area contributed by atoms with Crippen LogP contribution >= 0.6 is 0 Å². The quantitative estimate of drug-likeness (QED) is 0.213. The summed E-state index contributed by atoms with van der Waals surface area (Å²) in [4.78, 5) is 37.6. The van der Waals surface area contributed by atoms with Crippen molar-refractivity contribution in [1.82, 2.24) is 5.32 Å². The maximum absolute atomic E-state index is 13.2. The molecule has 0 saturated heterocycles. The third kappa shape index (κ3) is 11.2. The Morgan fingerprint density at radius 2 is 1.30 bits per heavy atom. The average molecular weight is 553 g/mol. The summed E-state index contributed by atoms with van der Waals surface area (Å²) in [5, 5.41) is 11.3. The summed E-state index contributed by atoms with van der Waals surface area (Å²) in [5.74, 6) is 5.14. The van der Waals surface area contributed by atoms with Crippen molar-refractivity contribution in [3.05, 3.63) is 65.2 Å². The van der Waals surface area contributed by atoms with Gasteiger partial charge in [-0.25, -0.2) is 0 Å². The van der Waals surface area contributed by atoms with Gasteiger partial charge >= 0.3 is 5.97 Å². The highest BCUT2D eigenvalue weighted by atomic mass is 16.6. The molecule has 10 heteroatoms. The van der Waals surface area contributed by atoms with Crippen LogP contribution in [0.2, 0.25) is 0 Å². The molecule has 214 valence electrons. The lowest BCUT2D eigenvalue weighted by Gasteiger charge is -2.26. The summed E-state index contributed by atoms with van der Waals surface area (Å²) in [6.45, 7) is 3.54. The van der Waals surface area contributed by atoms with E-state index in [0.29, 0.717) is 59.3 Å². The number of anilines is 1. The molecule has 2 N–H and O–H groups in total. The lowest BCUT2D eigenvalue weighted by molar-refractivity contribution is -0.138. The first-order valence-corrected chi connectivity index (χ1v) is 13.3. The fourth-order valence-corrected chi connectivity index (χ4v) is 3.84. The van der Waals surface area contributed by atoms with E-state index in [1.54, 1.807) is 4.90 Å². The number of para-hydroxylation sites is 1. The van der Waals surface area contributed by atoms with Crippen LogP contribution in [0.4, 0.5) is 5.69 Å². The van der Waals surface area contributed by atoms with E-state index < -0.39 is 5.97 Å². The fourth-order valence-electron chi connectivity index (χ4n) is 3.84. The molecule has 1 aliphatic rings. The Morgan fingerprint density at radius 1 is 0.725 bits per heavy atom. The van der Waals surface area contributed by atoms with Gasteiger partial charge in [-0.2, -0.15) is 0 Å². The number of carboxylic acids is 1. The third-order valence-corrected chi connectivity index (χ3v) is 5.88. The van der Waals surface area contributed by atoms with E-state index in [9.17, 15) is 14.4 Å². The molecule has 0 aliphatic carbocycles. The SMILES string of the molecule is O=C(O)CCOCCOCCOCCOCCNC(=O)CCC(=O)N1Cc2ccccc2C#Cc2ccccc21. The Morgan fingerprint density at radius 3 is 2.00 bits per heavy atom. The van der Waals surface area contributed by atoms with E-state index in [4.69, 9.17) is 24.1 Å². The summed E-state index contributed by atoms with van der Waals surface area (Å²) in [5.41, 5.74) is 3.39. The van der Waals surface area contributed by atoms with E-state index in [1.807, 2.05) is 48.5 Å². The van der Waals surface area contributed by atoms with Crippen molar-refractivity contribution >= 4 is 23.5 Å². The summed E-state index contributed by atoms with van der Waals surface area (Å²) in [6.07, 6.45) is 0.145. The molecule has 2 aromatic rings. The van der Waals surface area contributed by atoms with Crippen LogP contribution in [-0.2, 0) is 39.9 Å². The number of fused-ring (bicyclic) bond motifs is 2. The minimum atomic E-state index is -0.889. The standard InChI is InChI=1S/C30H36N2O8/c33-28(31-14-16-38-18-20-40-22-21-39-19-17-37-15-13-30(35)36)11-12-29(34)32-23-26-7-2-1-5-24(26)9-10-25-6-3-4-8-27(25)32/h1-8H,11-23H2,(H,31,33)(H,35,36). The highest BCUT2D eigenvalue weighted by Gasteiger charge is 2.21. The van der Waals surface area contributed by atoms with Crippen molar-refractivity contribution in [2.24, 2.45) is 0 Å². The Labute approximate surface area is 234 Å². The van der Waals surface area contributed by atoms with Crippen LogP contribution < -0.4 is 10.2 Å². The number of nitrogens with one attached hydrogen (secondary N) is 1. The van der Waals surface area contributed by atoms with Crippen molar-refractivity contribution in [3.63, 3.8) is 0 Å². The highest BCUT2D eigenvalue weighted by molar-refractivity contribution is 5.96. The average Bonchev–Trinajstić information content (AvgIpc) is 2.95. The van der Waals surface area contributed by atoms with Crippen molar-refractivity contribution in [2.45, 2.75) is 25.8 Å². The topological polar surface area (TPSA) is 124 Å². The number of nitrogens with zero attached hydrogens (tertiary/aromatic N) is 1. The zero-order valence-corrected chi connectivity index (χ0v) is 22.6. The van der Waals surface area contributed by atoms with Gasteiger partial charge in [-0.3, -0.25) is 14.4 Å². The molecule has 2 aromatic carbocycles. The number of hydrogen-bond donors (Lipinski definition) is 2. The normalized spacial score (nSPS) is 11.8. The zero-order valence-electron chi connectivity index (χ0n) is 22.6. The predicted molar refractivity (Wildman–Crippen MR) is 148 cm³/mol. The van der Waals surface area contributed by atoms with Gasteiger partial charge in [0, 0.05) is 30.5 Å². The van der Waals surface area contributed by atoms with E-state index in [2.05, 4.69) is 17.2 Å². The lowest BCUT2D eigenvalue weighted by Crippen LogP contribution is -2.34. The first-order chi connectivity index (χ1) is 19.5. The number of carbonyl (C=O) groups is 3. The maximum atomic E-state index is 13.2. The van der Waals surface area contributed by atoms with Crippen LogP contribution in [0, 0.1) is 11.8 Å². The number of rotatable bonds is 18. The smallest absolute Gasteiger partial charge is 0.305 e. The van der Waals surface area contributed by atoms with E-state index in [1.165, 1.54) is 0 Å². The number of aliphatic carboxylic acids is 1. The molecule has 0 unspecified atom stereocenters. The van der Waals surface area contributed by atoms with Crippen LogP contribution in [-0.4, -0.2) is 82.3 Å². The second-order valence-corrected chi connectivity index (χ2v) is 8.85. The fraction of sp³-hybridized carbons (Fsp3) is 0.433. The van der Waals surface area contributed by atoms with E-state index >= 15 is 0 Å². The largest absolute Gasteiger partial charge is 0.481 e. The monoisotopic (exact) mass is 552 g/mol. The van der Waals surface area contributed by atoms with E-state index in [-0.39, 0.29) is 37.7 Å². The highest BCUT2D eigenvalue weighted by Crippen LogP contribution is 2.26. The molecule has 0 fully saturated rings. The van der Waals surface area contributed by atoms with Gasteiger partial charge in [0.1, 0.15) is 0 Å². The Bertz CT molecular complexity index is 1170. The van der Waals surface area contributed by atoms with E-state index in [0.717, 1.165) is 22.4 Å². The van der Waals surface area contributed by atoms with Gasteiger partial charge in [-0.05, 0) is 23.8 Å². The van der Waals surface area contributed by atoms with Crippen LogP contribution in [0.15, 0.2) is 48.5 Å². The van der Waals surface area contributed by atoms with Crippen molar-refractivity contribution in [3.8, 4) is 11.8 Å². The molecule has 40 heavy (non-hydrogen) atoms. The molecule has 10 nitrogen and oxygen atoms in total. The predicted octanol–water partition coefficient (Wildman–Crippen LogP) is 2.37. The third-order valence-electron chi connectivity index (χ3n) is 5.88. The molecule has 0 saturated carbocycles. The molecular formula is C30H36N2O8. The van der Waals surface area contributed by atoms with Gasteiger partial charge in [0.2, 0.25) is 11.8 Å². The molecule has 1 heterocycles. The Kier molecular flexibility index (Phi) is 13.7. The summed E-state index contributed by atoms with van der Waals surface area (Å²) in [6, 6.07) is 15.3. The van der Waals surface area contributed by atoms with Crippen molar-refractivity contribution < 1.29 is 38.4 Å². The van der Waals surface area contributed by atoms with Crippen LogP contribution in [0.3, 0.4) is 0 Å². The number of amides is 2.